The number of aliphatic hydroxyl groups excluding tert-OH is 1. The summed E-state index contributed by atoms with van der Waals surface area (Å²) in [5, 5.41) is 16.1. The zero-order chi connectivity index (χ0) is 12.8. The van der Waals surface area contributed by atoms with Gasteiger partial charge in [0, 0.05) is 31.0 Å². The van der Waals surface area contributed by atoms with Crippen LogP contribution in [0.25, 0.3) is 0 Å². The average molecular weight is 249 g/mol. The number of hydrogen-bond acceptors (Lipinski definition) is 4. The Hall–Kier alpha value is -1.29. The third-order valence-corrected chi connectivity index (χ3v) is 3.53. The highest BCUT2D eigenvalue weighted by Crippen LogP contribution is 2.24. The molecule has 18 heavy (non-hydrogen) atoms. The van der Waals surface area contributed by atoms with Crippen LogP contribution in [0.15, 0.2) is 18.3 Å². The van der Waals surface area contributed by atoms with E-state index in [0.717, 1.165) is 50.3 Å². The standard InChI is InChI=1S/C14H23N3O/c1-2-15-14-9-12(7-8-16-14)17-10-11-3-5-13(18)6-4-11/h7-9,11,13,18H,2-6,10H2,1H3,(H2,15,16,17). The Balaban J connectivity index is 1.80. The normalized spacial score (nSPS) is 23.7. The molecule has 1 aliphatic rings. The number of hydrogen-bond donors (Lipinski definition) is 3. The summed E-state index contributed by atoms with van der Waals surface area (Å²) < 4.78 is 0. The SMILES string of the molecule is CCNc1cc(NCC2CCC(O)CC2)ccn1. The van der Waals surface area contributed by atoms with Crippen molar-refractivity contribution >= 4 is 11.5 Å². The molecule has 0 aromatic carbocycles. The van der Waals surface area contributed by atoms with E-state index < -0.39 is 0 Å². The lowest BCUT2D eigenvalue weighted by atomic mass is 9.87. The monoisotopic (exact) mass is 249 g/mol. The van der Waals surface area contributed by atoms with Crippen molar-refractivity contribution in [1.29, 1.82) is 0 Å². The largest absolute Gasteiger partial charge is 0.393 e. The first-order valence-corrected chi connectivity index (χ1v) is 6.89. The number of rotatable bonds is 5. The van der Waals surface area contributed by atoms with Crippen LogP contribution in [0.1, 0.15) is 32.6 Å². The fraction of sp³-hybridized carbons (Fsp3) is 0.643. The smallest absolute Gasteiger partial charge is 0.127 e. The van der Waals surface area contributed by atoms with E-state index in [1.807, 2.05) is 18.3 Å². The molecule has 2 rings (SSSR count). The van der Waals surface area contributed by atoms with Crippen molar-refractivity contribution in [3.63, 3.8) is 0 Å². The molecule has 1 aromatic rings. The first-order chi connectivity index (χ1) is 8.78. The summed E-state index contributed by atoms with van der Waals surface area (Å²) >= 11 is 0. The Morgan fingerprint density at radius 3 is 2.78 bits per heavy atom. The number of anilines is 2. The second kappa shape index (κ2) is 6.59. The minimum atomic E-state index is -0.0671. The van der Waals surface area contributed by atoms with E-state index in [4.69, 9.17) is 0 Å². The number of nitrogens with zero attached hydrogens (tertiary/aromatic N) is 1. The fourth-order valence-electron chi connectivity index (χ4n) is 2.43. The maximum atomic E-state index is 9.47. The molecule has 0 atom stereocenters. The van der Waals surface area contributed by atoms with Crippen LogP contribution in [0, 0.1) is 5.92 Å². The van der Waals surface area contributed by atoms with E-state index in [9.17, 15) is 5.11 Å². The molecule has 1 heterocycles. The van der Waals surface area contributed by atoms with Crippen molar-refractivity contribution in [3.05, 3.63) is 18.3 Å². The molecule has 4 nitrogen and oxygen atoms in total. The van der Waals surface area contributed by atoms with Gasteiger partial charge < -0.3 is 15.7 Å². The molecule has 1 saturated carbocycles. The molecule has 0 bridgehead atoms. The van der Waals surface area contributed by atoms with Gasteiger partial charge in [0.25, 0.3) is 0 Å². The molecule has 1 aromatic heterocycles. The molecule has 0 spiro atoms. The summed E-state index contributed by atoms with van der Waals surface area (Å²) in [5.41, 5.74) is 1.12. The summed E-state index contributed by atoms with van der Waals surface area (Å²) in [7, 11) is 0. The van der Waals surface area contributed by atoms with Gasteiger partial charge in [-0.1, -0.05) is 0 Å². The lowest BCUT2D eigenvalue weighted by Crippen LogP contribution is -2.23. The molecule has 0 radical (unpaired) electrons. The van der Waals surface area contributed by atoms with Crippen LogP contribution < -0.4 is 10.6 Å². The summed E-state index contributed by atoms with van der Waals surface area (Å²) in [6, 6.07) is 4.04. The average Bonchev–Trinajstić information content (AvgIpc) is 2.39. The van der Waals surface area contributed by atoms with E-state index >= 15 is 0 Å². The first kappa shape index (κ1) is 13.1. The quantitative estimate of drug-likeness (QED) is 0.750. The lowest BCUT2D eigenvalue weighted by Gasteiger charge is -2.25. The van der Waals surface area contributed by atoms with Crippen molar-refractivity contribution in [3.8, 4) is 0 Å². The molecule has 100 valence electrons. The Bertz CT molecular complexity index is 362. The fourth-order valence-corrected chi connectivity index (χ4v) is 2.43. The maximum Gasteiger partial charge on any atom is 0.127 e. The third-order valence-electron chi connectivity index (χ3n) is 3.53. The zero-order valence-corrected chi connectivity index (χ0v) is 11.0. The van der Waals surface area contributed by atoms with Crippen molar-refractivity contribution < 1.29 is 5.11 Å². The second-order valence-corrected chi connectivity index (χ2v) is 5.02. The molecule has 0 unspecified atom stereocenters. The van der Waals surface area contributed by atoms with Crippen molar-refractivity contribution in [2.24, 2.45) is 5.92 Å². The van der Waals surface area contributed by atoms with Gasteiger partial charge in [-0.2, -0.15) is 0 Å². The van der Waals surface area contributed by atoms with Crippen LogP contribution in [0.2, 0.25) is 0 Å². The molecule has 0 aliphatic heterocycles. The summed E-state index contributed by atoms with van der Waals surface area (Å²) in [6.45, 7) is 3.94. The number of aliphatic hydroxyl groups is 1. The van der Waals surface area contributed by atoms with Crippen molar-refractivity contribution in [2.45, 2.75) is 38.7 Å². The molecule has 0 saturated heterocycles. The summed E-state index contributed by atoms with van der Waals surface area (Å²) in [6.07, 6.45) is 5.91. The van der Waals surface area contributed by atoms with Gasteiger partial charge in [0.1, 0.15) is 5.82 Å². The van der Waals surface area contributed by atoms with Crippen LogP contribution in [-0.4, -0.2) is 29.3 Å². The topological polar surface area (TPSA) is 57.2 Å². The molecule has 1 aliphatic carbocycles. The Kier molecular flexibility index (Phi) is 4.81. The molecular weight excluding hydrogens is 226 g/mol. The molecule has 1 fully saturated rings. The van der Waals surface area contributed by atoms with E-state index in [1.54, 1.807) is 0 Å². The van der Waals surface area contributed by atoms with Gasteiger partial charge in [-0.3, -0.25) is 0 Å². The summed E-state index contributed by atoms with van der Waals surface area (Å²) in [5.74, 6) is 1.60. The minimum Gasteiger partial charge on any atom is -0.393 e. The van der Waals surface area contributed by atoms with Gasteiger partial charge in [-0.15, -0.1) is 0 Å². The van der Waals surface area contributed by atoms with Gasteiger partial charge in [0.15, 0.2) is 0 Å². The van der Waals surface area contributed by atoms with Crippen molar-refractivity contribution in [1.82, 2.24) is 4.98 Å². The van der Waals surface area contributed by atoms with Crippen LogP contribution in [-0.2, 0) is 0 Å². The Morgan fingerprint density at radius 2 is 2.06 bits per heavy atom. The number of aromatic nitrogens is 1. The molecule has 4 heteroatoms. The van der Waals surface area contributed by atoms with E-state index in [2.05, 4.69) is 22.5 Å². The Morgan fingerprint density at radius 1 is 1.28 bits per heavy atom. The van der Waals surface area contributed by atoms with Gasteiger partial charge in [0.05, 0.1) is 6.10 Å². The van der Waals surface area contributed by atoms with E-state index in [1.165, 1.54) is 0 Å². The highest BCUT2D eigenvalue weighted by atomic mass is 16.3. The maximum absolute atomic E-state index is 9.47. The number of nitrogens with one attached hydrogen (secondary N) is 2. The third kappa shape index (κ3) is 3.88. The summed E-state index contributed by atoms with van der Waals surface area (Å²) in [4.78, 5) is 4.25. The van der Waals surface area contributed by atoms with Gasteiger partial charge in [-0.05, 0) is 44.6 Å². The van der Waals surface area contributed by atoms with Crippen LogP contribution in [0.4, 0.5) is 11.5 Å². The first-order valence-electron chi connectivity index (χ1n) is 6.89. The molecular formula is C14H23N3O. The highest BCUT2D eigenvalue weighted by molar-refractivity contribution is 5.51. The van der Waals surface area contributed by atoms with Gasteiger partial charge >= 0.3 is 0 Å². The van der Waals surface area contributed by atoms with E-state index in [-0.39, 0.29) is 6.10 Å². The number of pyridine rings is 1. The lowest BCUT2D eigenvalue weighted by molar-refractivity contribution is 0.111. The highest BCUT2D eigenvalue weighted by Gasteiger charge is 2.18. The van der Waals surface area contributed by atoms with Gasteiger partial charge in [0.2, 0.25) is 0 Å². The zero-order valence-electron chi connectivity index (χ0n) is 11.0. The molecule has 3 N–H and O–H groups in total. The van der Waals surface area contributed by atoms with Crippen LogP contribution >= 0.6 is 0 Å². The van der Waals surface area contributed by atoms with E-state index in [0.29, 0.717) is 5.92 Å². The second-order valence-electron chi connectivity index (χ2n) is 5.02. The van der Waals surface area contributed by atoms with Crippen LogP contribution in [0.5, 0.6) is 0 Å². The van der Waals surface area contributed by atoms with Crippen molar-refractivity contribution in [2.75, 3.05) is 23.7 Å². The predicted octanol–water partition coefficient (Wildman–Crippen LogP) is 2.48. The van der Waals surface area contributed by atoms with Gasteiger partial charge in [-0.25, -0.2) is 4.98 Å². The molecule has 0 amide bonds. The predicted molar refractivity (Wildman–Crippen MR) is 74.9 cm³/mol. The minimum absolute atomic E-state index is 0.0671. The Labute approximate surface area is 109 Å². The van der Waals surface area contributed by atoms with Crippen LogP contribution in [0.3, 0.4) is 0 Å².